The number of methoxy groups -OCH3 is 1. The molecular weight excluding hydrogens is 366 g/mol. The number of carbonyl (C=O) groups is 1. The molecule has 1 amide bonds. The van der Waals surface area contributed by atoms with Crippen LogP contribution in [-0.2, 0) is 4.74 Å². The third-order valence-electron chi connectivity index (χ3n) is 6.32. The summed E-state index contributed by atoms with van der Waals surface area (Å²) < 4.78 is 5.29. The van der Waals surface area contributed by atoms with Crippen molar-refractivity contribution in [3.8, 4) is 11.3 Å². The van der Waals surface area contributed by atoms with Gasteiger partial charge in [-0.3, -0.25) is 14.9 Å². The number of piperidine rings is 2. The van der Waals surface area contributed by atoms with E-state index >= 15 is 0 Å². The highest BCUT2D eigenvalue weighted by molar-refractivity contribution is 5.93. The van der Waals surface area contributed by atoms with Crippen LogP contribution < -0.4 is 0 Å². The third kappa shape index (κ3) is 4.67. The first-order valence-electron chi connectivity index (χ1n) is 10.7. The molecule has 2 fully saturated rings. The van der Waals surface area contributed by atoms with Crippen LogP contribution in [0.2, 0.25) is 0 Å². The molecule has 2 aliphatic rings. The van der Waals surface area contributed by atoms with E-state index in [0.29, 0.717) is 30.8 Å². The average Bonchev–Trinajstić information content (AvgIpc) is 3.27. The molecule has 0 saturated carbocycles. The van der Waals surface area contributed by atoms with E-state index in [-0.39, 0.29) is 5.91 Å². The Morgan fingerprint density at radius 3 is 2.90 bits per heavy atom. The minimum absolute atomic E-state index is 0.00258. The van der Waals surface area contributed by atoms with E-state index < -0.39 is 0 Å². The Labute approximate surface area is 172 Å². The Balaban J connectivity index is 1.49. The summed E-state index contributed by atoms with van der Waals surface area (Å²) in [6.45, 7) is 4.35. The van der Waals surface area contributed by atoms with Crippen molar-refractivity contribution in [3.63, 3.8) is 0 Å². The molecule has 0 spiro atoms. The molecule has 2 aromatic rings. The minimum Gasteiger partial charge on any atom is -0.383 e. The standard InChI is InChI=1S/C22H31N5O2/c1-29-14-13-27(16-18-5-4-12-26-11-3-2-6-21(18)26)22(28)20-15-19(24-25-20)17-7-9-23-10-8-17/h7-10,15,18,21H,2-6,11-14,16H2,1H3,(H,24,25)/t18-,21+/m1/s1. The van der Waals surface area contributed by atoms with Crippen LogP contribution in [0.15, 0.2) is 30.6 Å². The molecule has 156 valence electrons. The highest BCUT2D eigenvalue weighted by atomic mass is 16.5. The summed E-state index contributed by atoms with van der Waals surface area (Å²) in [5.74, 6) is 0.537. The van der Waals surface area contributed by atoms with E-state index in [1.54, 1.807) is 19.5 Å². The van der Waals surface area contributed by atoms with E-state index in [4.69, 9.17) is 4.74 Å². The fraction of sp³-hybridized carbons (Fsp3) is 0.591. The zero-order valence-corrected chi connectivity index (χ0v) is 17.2. The number of aromatic nitrogens is 3. The summed E-state index contributed by atoms with van der Waals surface area (Å²) in [4.78, 5) is 21.9. The summed E-state index contributed by atoms with van der Waals surface area (Å²) in [6.07, 6.45) is 9.76. The monoisotopic (exact) mass is 397 g/mol. The van der Waals surface area contributed by atoms with Gasteiger partial charge in [0.1, 0.15) is 5.69 Å². The second-order valence-electron chi connectivity index (χ2n) is 8.15. The number of carbonyl (C=O) groups excluding carboxylic acids is 1. The highest BCUT2D eigenvalue weighted by Gasteiger charge is 2.35. The van der Waals surface area contributed by atoms with Crippen molar-refractivity contribution in [2.45, 2.75) is 38.1 Å². The highest BCUT2D eigenvalue weighted by Crippen LogP contribution is 2.31. The van der Waals surface area contributed by atoms with Gasteiger partial charge >= 0.3 is 0 Å². The predicted octanol–water partition coefficient (Wildman–Crippen LogP) is 2.82. The molecule has 1 N–H and O–H groups in total. The summed E-state index contributed by atoms with van der Waals surface area (Å²) in [6, 6.07) is 6.25. The lowest BCUT2D eigenvalue weighted by molar-refractivity contribution is 0.0313. The molecule has 2 saturated heterocycles. The van der Waals surface area contributed by atoms with Crippen molar-refractivity contribution in [3.05, 3.63) is 36.3 Å². The number of nitrogens with zero attached hydrogens (tertiary/aromatic N) is 4. The van der Waals surface area contributed by atoms with Crippen LogP contribution in [0.5, 0.6) is 0 Å². The maximum Gasteiger partial charge on any atom is 0.271 e. The molecular formula is C22H31N5O2. The molecule has 7 heteroatoms. The summed E-state index contributed by atoms with van der Waals surface area (Å²) in [5, 5.41) is 7.28. The molecule has 0 aromatic carbocycles. The van der Waals surface area contributed by atoms with Gasteiger partial charge in [0.05, 0.1) is 12.3 Å². The van der Waals surface area contributed by atoms with Crippen LogP contribution in [0.1, 0.15) is 42.6 Å². The quantitative estimate of drug-likeness (QED) is 0.778. The Morgan fingerprint density at radius 2 is 2.07 bits per heavy atom. The molecule has 2 aliphatic heterocycles. The molecule has 2 aromatic heterocycles. The van der Waals surface area contributed by atoms with E-state index in [1.165, 1.54) is 45.2 Å². The van der Waals surface area contributed by atoms with Gasteiger partial charge in [-0.05, 0) is 62.9 Å². The zero-order valence-electron chi connectivity index (χ0n) is 17.2. The lowest BCUT2D eigenvalue weighted by Crippen LogP contribution is -2.52. The Kier molecular flexibility index (Phi) is 6.56. The smallest absolute Gasteiger partial charge is 0.271 e. The van der Waals surface area contributed by atoms with Gasteiger partial charge in [-0.15, -0.1) is 0 Å². The molecule has 2 atom stereocenters. The largest absolute Gasteiger partial charge is 0.383 e. The lowest BCUT2D eigenvalue weighted by Gasteiger charge is -2.45. The second-order valence-corrected chi connectivity index (χ2v) is 8.15. The number of aromatic amines is 1. The number of pyridine rings is 1. The first-order valence-corrected chi connectivity index (χ1v) is 10.7. The molecule has 29 heavy (non-hydrogen) atoms. The van der Waals surface area contributed by atoms with Gasteiger partial charge in [0.2, 0.25) is 0 Å². The minimum atomic E-state index is 0.00258. The molecule has 0 radical (unpaired) electrons. The molecule has 0 bridgehead atoms. The van der Waals surface area contributed by atoms with E-state index in [0.717, 1.165) is 17.8 Å². The van der Waals surface area contributed by atoms with Crippen molar-refractivity contribution < 1.29 is 9.53 Å². The van der Waals surface area contributed by atoms with Crippen LogP contribution in [0.25, 0.3) is 11.3 Å². The van der Waals surface area contributed by atoms with Crippen LogP contribution in [0.3, 0.4) is 0 Å². The van der Waals surface area contributed by atoms with Crippen LogP contribution in [0, 0.1) is 5.92 Å². The van der Waals surface area contributed by atoms with Gasteiger partial charge in [0, 0.05) is 44.2 Å². The van der Waals surface area contributed by atoms with Gasteiger partial charge in [-0.25, -0.2) is 0 Å². The topological polar surface area (TPSA) is 74.3 Å². The van der Waals surface area contributed by atoms with Crippen molar-refractivity contribution in [1.82, 2.24) is 25.0 Å². The number of fused-ring (bicyclic) bond motifs is 1. The maximum atomic E-state index is 13.3. The van der Waals surface area contributed by atoms with E-state index in [9.17, 15) is 4.79 Å². The molecule has 4 heterocycles. The lowest BCUT2D eigenvalue weighted by atomic mass is 9.83. The number of hydrogen-bond donors (Lipinski definition) is 1. The number of amides is 1. The fourth-order valence-electron chi connectivity index (χ4n) is 4.82. The first kappa shape index (κ1) is 20.0. The SMILES string of the molecule is COCCN(C[C@H]1CCCN2CCCC[C@@H]12)C(=O)c1cc(-c2ccncc2)n[nH]1. The number of hydrogen-bond acceptors (Lipinski definition) is 5. The van der Waals surface area contributed by atoms with E-state index in [2.05, 4.69) is 20.1 Å². The zero-order chi connectivity index (χ0) is 20.1. The molecule has 0 aliphatic carbocycles. The summed E-state index contributed by atoms with van der Waals surface area (Å²) in [7, 11) is 1.68. The van der Waals surface area contributed by atoms with Gasteiger partial charge in [-0.1, -0.05) is 6.42 Å². The van der Waals surface area contributed by atoms with Crippen LogP contribution >= 0.6 is 0 Å². The summed E-state index contributed by atoms with van der Waals surface area (Å²) in [5.41, 5.74) is 2.24. The van der Waals surface area contributed by atoms with Gasteiger partial charge in [0.15, 0.2) is 0 Å². The van der Waals surface area contributed by atoms with Gasteiger partial charge < -0.3 is 14.5 Å². The van der Waals surface area contributed by atoms with Crippen LogP contribution in [-0.4, -0.2) is 76.8 Å². The first-order chi connectivity index (χ1) is 14.3. The van der Waals surface area contributed by atoms with Crippen molar-refractivity contribution >= 4 is 5.91 Å². The third-order valence-corrected chi connectivity index (χ3v) is 6.32. The van der Waals surface area contributed by atoms with Crippen molar-refractivity contribution in [1.29, 1.82) is 0 Å². The summed E-state index contributed by atoms with van der Waals surface area (Å²) >= 11 is 0. The number of H-pyrrole nitrogens is 1. The van der Waals surface area contributed by atoms with Gasteiger partial charge in [-0.2, -0.15) is 5.10 Å². The number of rotatable bonds is 7. The Morgan fingerprint density at radius 1 is 1.24 bits per heavy atom. The Bertz CT molecular complexity index is 792. The second kappa shape index (κ2) is 9.50. The normalized spacial score (nSPS) is 22.2. The molecule has 7 nitrogen and oxygen atoms in total. The molecule has 4 rings (SSSR count). The Hall–Kier alpha value is -2.25. The van der Waals surface area contributed by atoms with Crippen LogP contribution in [0.4, 0.5) is 0 Å². The fourth-order valence-corrected chi connectivity index (χ4v) is 4.82. The maximum absolute atomic E-state index is 13.3. The van der Waals surface area contributed by atoms with E-state index in [1.807, 2.05) is 23.1 Å². The van der Waals surface area contributed by atoms with Crippen molar-refractivity contribution in [2.24, 2.45) is 5.92 Å². The number of ether oxygens (including phenoxy) is 1. The van der Waals surface area contributed by atoms with Crippen molar-refractivity contribution in [2.75, 3.05) is 39.9 Å². The predicted molar refractivity (Wildman–Crippen MR) is 112 cm³/mol. The number of nitrogens with one attached hydrogen (secondary N) is 1. The average molecular weight is 398 g/mol. The van der Waals surface area contributed by atoms with Gasteiger partial charge in [0.25, 0.3) is 5.91 Å². The molecule has 0 unspecified atom stereocenters.